The lowest BCUT2D eigenvalue weighted by Crippen LogP contribution is -2.43. The maximum atomic E-state index is 12.3. The summed E-state index contributed by atoms with van der Waals surface area (Å²) in [6.07, 6.45) is 3.27. The van der Waals surface area contributed by atoms with Crippen LogP contribution >= 0.6 is 0 Å². The van der Waals surface area contributed by atoms with Crippen molar-refractivity contribution in [1.29, 1.82) is 0 Å². The summed E-state index contributed by atoms with van der Waals surface area (Å²) in [6, 6.07) is 15.9. The van der Waals surface area contributed by atoms with Crippen molar-refractivity contribution in [2.45, 2.75) is 71.1 Å². The van der Waals surface area contributed by atoms with Gasteiger partial charge in [0, 0.05) is 19.5 Å². The van der Waals surface area contributed by atoms with E-state index in [1.54, 1.807) is 4.90 Å². The van der Waals surface area contributed by atoms with Crippen molar-refractivity contribution in [3.8, 4) is 5.75 Å². The normalized spacial score (nSPS) is 14.7. The Hall–Kier alpha value is -3.75. The molecule has 1 atom stereocenters. The first-order valence-corrected chi connectivity index (χ1v) is 13.9. The molecule has 1 heterocycles. The van der Waals surface area contributed by atoms with E-state index in [1.165, 1.54) is 7.11 Å². The molecule has 1 aliphatic heterocycles. The lowest BCUT2D eigenvalue weighted by Gasteiger charge is -2.33. The third kappa shape index (κ3) is 10.8. The standard InChI is InChI=1S/C31H42N2O7/c1-31(2,3)40-30(36)33-18-16-23(17-19-33)11-8-20-38-26-14-12-24(13-15-26)21-27(28(34)37-4)32-29(35)39-22-25-9-6-5-7-10-25/h5-7,9-10,12-15,23,27H,8,11,16-22H2,1-4H3,(H,32,35)/t27-/m0/s1. The average Bonchev–Trinajstić information content (AvgIpc) is 2.94. The summed E-state index contributed by atoms with van der Waals surface area (Å²) < 4.78 is 21.5. The maximum Gasteiger partial charge on any atom is 0.410 e. The number of methoxy groups -OCH3 is 1. The summed E-state index contributed by atoms with van der Waals surface area (Å²) in [6.45, 7) is 7.82. The molecule has 0 unspecified atom stereocenters. The van der Waals surface area contributed by atoms with E-state index in [9.17, 15) is 14.4 Å². The summed E-state index contributed by atoms with van der Waals surface area (Å²) in [7, 11) is 1.29. The van der Waals surface area contributed by atoms with Crippen LogP contribution in [-0.4, -0.2) is 61.5 Å². The topological polar surface area (TPSA) is 103 Å². The molecular formula is C31H42N2O7. The molecule has 0 aromatic heterocycles. The molecule has 2 aromatic carbocycles. The van der Waals surface area contributed by atoms with Crippen LogP contribution in [0.15, 0.2) is 54.6 Å². The van der Waals surface area contributed by atoms with Gasteiger partial charge in [0.2, 0.25) is 0 Å². The number of alkyl carbamates (subject to hydrolysis) is 1. The first-order valence-electron chi connectivity index (χ1n) is 13.9. The molecule has 0 bridgehead atoms. The maximum absolute atomic E-state index is 12.3. The minimum atomic E-state index is -0.873. The van der Waals surface area contributed by atoms with E-state index in [2.05, 4.69) is 5.32 Å². The van der Waals surface area contributed by atoms with Crippen LogP contribution < -0.4 is 10.1 Å². The van der Waals surface area contributed by atoms with E-state index >= 15 is 0 Å². The fourth-order valence-electron chi connectivity index (χ4n) is 4.49. The highest BCUT2D eigenvalue weighted by Gasteiger charge is 2.27. The number of nitrogens with zero attached hydrogens (tertiary/aromatic N) is 1. The molecule has 2 amide bonds. The zero-order chi connectivity index (χ0) is 29.0. The van der Waals surface area contributed by atoms with Crippen LogP contribution in [0, 0.1) is 5.92 Å². The molecule has 1 aliphatic rings. The van der Waals surface area contributed by atoms with Crippen LogP contribution in [0.4, 0.5) is 9.59 Å². The number of carbonyl (C=O) groups is 3. The summed E-state index contributed by atoms with van der Waals surface area (Å²) in [5, 5.41) is 2.60. The molecule has 0 spiro atoms. The Balaban J connectivity index is 1.37. The number of esters is 1. The molecule has 3 rings (SSSR count). The molecule has 218 valence electrons. The van der Waals surface area contributed by atoms with Gasteiger partial charge >= 0.3 is 18.2 Å². The lowest BCUT2D eigenvalue weighted by atomic mass is 9.92. The number of nitrogens with one attached hydrogen (secondary N) is 1. The number of amides is 2. The van der Waals surface area contributed by atoms with Crippen molar-refractivity contribution >= 4 is 18.2 Å². The predicted octanol–water partition coefficient (Wildman–Crippen LogP) is 5.50. The Kier molecular flexibility index (Phi) is 11.7. The molecule has 1 fully saturated rings. The number of likely N-dealkylation sites (tertiary alicyclic amines) is 1. The molecule has 0 aliphatic carbocycles. The van der Waals surface area contributed by atoms with E-state index in [1.807, 2.05) is 75.4 Å². The van der Waals surface area contributed by atoms with Gasteiger partial charge in [0.1, 0.15) is 24.0 Å². The molecule has 1 saturated heterocycles. The molecule has 9 nitrogen and oxygen atoms in total. The van der Waals surface area contributed by atoms with Gasteiger partial charge < -0.3 is 29.2 Å². The van der Waals surface area contributed by atoms with E-state index in [0.29, 0.717) is 12.5 Å². The second-order valence-electron chi connectivity index (χ2n) is 11.0. The zero-order valence-electron chi connectivity index (χ0n) is 24.0. The van der Waals surface area contributed by atoms with Crippen LogP contribution in [0.5, 0.6) is 5.75 Å². The van der Waals surface area contributed by atoms with Crippen molar-refractivity contribution in [3.05, 3.63) is 65.7 Å². The third-order valence-corrected chi connectivity index (χ3v) is 6.65. The smallest absolute Gasteiger partial charge is 0.410 e. The summed E-state index contributed by atoms with van der Waals surface area (Å²) in [5.74, 6) is 0.772. The minimum Gasteiger partial charge on any atom is -0.494 e. The number of hydrogen-bond acceptors (Lipinski definition) is 7. The molecule has 2 aromatic rings. The van der Waals surface area contributed by atoms with Crippen LogP contribution in [0.2, 0.25) is 0 Å². The first kappa shape index (κ1) is 30.8. The van der Waals surface area contributed by atoms with Gasteiger partial charge in [-0.1, -0.05) is 42.5 Å². The van der Waals surface area contributed by atoms with Crippen LogP contribution in [0.25, 0.3) is 0 Å². The lowest BCUT2D eigenvalue weighted by molar-refractivity contribution is -0.143. The van der Waals surface area contributed by atoms with Crippen molar-refractivity contribution in [1.82, 2.24) is 10.2 Å². The van der Waals surface area contributed by atoms with E-state index < -0.39 is 23.7 Å². The summed E-state index contributed by atoms with van der Waals surface area (Å²) in [4.78, 5) is 38.6. The molecule has 40 heavy (non-hydrogen) atoms. The van der Waals surface area contributed by atoms with Gasteiger partial charge in [0.05, 0.1) is 13.7 Å². The first-order chi connectivity index (χ1) is 19.1. The van der Waals surface area contributed by atoms with Crippen molar-refractivity contribution in [2.75, 3.05) is 26.8 Å². The Morgan fingerprint density at radius 2 is 1.65 bits per heavy atom. The van der Waals surface area contributed by atoms with Gasteiger partial charge in [-0.3, -0.25) is 0 Å². The second-order valence-corrected chi connectivity index (χ2v) is 11.0. The number of hydrogen-bond donors (Lipinski definition) is 1. The monoisotopic (exact) mass is 554 g/mol. The van der Waals surface area contributed by atoms with Gasteiger partial charge in [-0.25, -0.2) is 14.4 Å². The van der Waals surface area contributed by atoms with Crippen molar-refractivity contribution in [2.24, 2.45) is 5.92 Å². The average molecular weight is 555 g/mol. The van der Waals surface area contributed by atoms with Gasteiger partial charge in [0.25, 0.3) is 0 Å². The highest BCUT2D eigenvalue weighted by atomic mass is 16.6. The molecular weight excluding hydrogens is 512 g/mol. The van der Waals surface area contributed by atoms with E-state index in [4.69, 9.17) is 18.9 Å². The van der Waals surface area contributed by atoms with Crippen molar-refractivity contribution < 1.29 is 33.3 Å². The fourth-order valence-corrected chi connectivity index (χ4v) is 4.49. The highest BCUT2D eigenvalue weighted by Crippen LogP contribution is 2.24. The SMILES string of the molecule is COC(=O)[C@H](Cc1ccc(OCCCC2CCN(C(=O)OC(C)(C)C)CC2)cc1)NC(=O)OCc1ccccc1. The van der Waals surface area contributed by atoms with Gasteiger partial charge in [-0.05, 0) is 75.6 Å². The van der Waals surface area contributed by atoms with Crippen LogP contribution in [-0.2, 0) is 32.0 Å². The quantitative estimate of drug-likeness (QED) is 0.222. The van der Waals surface area contributed by atoms with Gasteiger partial charge in [-0.2, -0.15) is 0 Å². The summed E-state index contributed by atoms with van der Waals surface area (Å²) >= 11 is 0. The van der Waals surface area contributed by atoms with E-state index in [-0.39, 0.29) is 19.1 Å². The summed E-state index contributed by atoms with van der Waals surface area (Å²) in [5.41, 5.74) is 1.23. The van der Waals surface area contributed by atoms with Crippen LogP contribution in [0.3, 0.4) is 0 Å². The molecule has 0 radical (unpaired) electrons. The number of ether oxygens (including phenoxy) is 4. The molecule has 9 heteroatoms. The molecule has 0 saturated carbocycles. The Bertz CT molecular complexity index is 1080. The molecule has 1 N–H and O–H groups in total. The number of piperidine rings is 1. The minimum absolute atomic E-state index is 0.109. The Morgan fingerprint density at radius 1 is 0.975 bits per heavy atom. The van der Waals surface area contributed by atoms with Gasteiger partial charge in [0.15, 0.2) is 0 Å². The Morgan fingerprint density at radius 3 is 2.27 bits per heavy atom. The number of carbonyl (C=O) groups excluding carboxylic acids is 3. The van der Waals surface area contributed by atoms with Gasteiger partial charge in [-0.15, -0.1) is 0 Å². The largest absolute Gasteiger partial charge is 0.494 e. The Labute approximate surface area is 237 Å². The van der Waals surface area contributed by atoms with Crippen molar-refractivity contribution in [3.63, 3.8) is 0 Å². The third-order valence-electron chi connectivity index (χ3n) is 6.65. The number of benzene rings is 2. The highest BCUT2D eigenvalue weighted by molar-refractivity contribution is 5.81. The second kappa shape index (κ2) is 15.1. The fraction of sp³-hybridized carbons (Fsp3) is 0.516. The predicted molar refractivity (Wildman–Crippen MR) is 151 cm³/mol. The zero-order valence-corrected chi connectivity index (χ0v) is 24.0. The number of rotatable bonds is 11. The van der Waals surface area contributed by atoms with E-state index in [0.717, 1.165) is 55.6 Å². The van der Waals surface area contributed by atoms with Crippen LogP contribution in [0.1, 0.15) is 57.6 Å².